The zero-order valence-electron chi connectivity index (χ0n) is 11.7. The normalized spacial score (nSPS) is 20.2. The Hall–Kier alpha value is -1.32. The van der Waals surface area contributed by atoms with E-state index >= 15 is 0 Å². The molecule has 0 aliphatic carbocycles. The number of nitrogens with zero attached hydrogens (tertiary/aromatic N) is 3. The lowest BCUT2D eigenvalue weighted by molar-refractivity contribution is 0.445. The van der Waals surface area contributed by atoms with E-state index in [1.54, 1.807) is 0 Å². The van der Waals surface area contributed by atoms with Gasteiger partial charge in [0.2, 0.25) is 0 Å². The molecule has 1 aliphatic rings. The fourth-order valence-corrected chi connectivity index (χ4v) is 2.71. The highest BCUT2D eigenvalue weighted by Gasteiger charge is 2.24. The molecule has 2 heterocycles. The topological polar surface area (TPSA) is 55.0 Å². The molecule has 4 heteroatoms. The van der Waals surface area contributed by atoms with Crippen LogP contribution in [0.25, 0.3) is 0 Å². The first-order valence-electron chi connectivity index (χ1n) is 7.07. The van der Waals surface area contributed by atoms with Crippen LogP contribution in [-0.4, -0.2) is 22.6 Å². The zero-order valence-corrected chi connectivity index (χ0v) is 11.7. The Labute approximate surface area is 110 Å². The van der Waals surface area contributed by atoms with Crippen molar-refractivity contribution in [3.8, 4) is 0 Å². The molecule has 0 amide bonds. The summed E-state index contributed by atoms with van der Waals surface area (Å²) in [5, 5.41) is 0. The molecule has 18 heavy (non-hydrogen) atoms. The van der Waals surface area contributed by atoms with Crippen LogP contribution in [0.3, 0.4) is 0 Å². The molecule has 1 aromatic heterocycles. The first kappa shape index (κ1) is 13.1. The fraction of sp³-hybridized carbons (Fsp3) is 0.714. The molecule has 4 nitrogen and oxygen atoms in total. The van der Waals surface area contributed by atoms with Gasteiger partial charge in [-0.05, 0) is 32.6 Å². The molecule has 1 aromatic rings. The van der Waals surface area contributed by atoms with Gasteiger partial charge in [-0.3, -0.25) is 0 Å². The molecule has 1 saturated heterocycles. The first-order chi connectivity index (χ1) is 8.67. The third-order valence-corrected chi connectivity index (χ3v) is 3.89. The van der Waals surface area contributed by atoms with Crippen LogP contribution < -0.4 is 10.6 Å². The van der Waals surface area contributed by atoms with Gasteiger partial charge in [-0.15, -0.1) is 0 Å². The van der Waals surface area contributed by atoms with Gasteiger partial charge < -0.3 is 10.6 Å². The summed E-state index contributed by atoms with van der Waals surface area (Å²) < 4.78 is 0. The Morgan fingerprint density at radius 3 is 2.72 bits per heavy atom. The van der Waals surface area contributed by atoms with Gasteiger partial charge in [0.15, 0.2) is 0 Å². The maximum atomic E-state index is 6.01. The maximum Gasteiger partial charge on any atom is 0.137 e. The van der Waals surface area contributed by atoms with Crippen molar-refractivity contribution < 1.29 is 0 Å². The van der Waals surface area contributed by atoms with Crippen LogP contribution in [0.1, 0.15) is 50.9 Å². The third-order valence-electron chi connectivity index (χ3n) is 3.89. The van der Waals surface area contributed by atoms with Gasteiger partial charge in [-0.2, -0.15) is 0 Å². The molecule has 1 atom stereocenters. The van der Waals surface area contributed by atoms with Crippen molar-refractivity contribution in [3.63, 3.8) is 0 Å². The molecular formula is C14H24N4. The average Bonchev–Trinajstić information content (AvgIpc) is 2.41. The lowest BCUT2D eigenvalue weighted by Gasteiger charge is -2.37. The van der Waals surface area contributed by atoms with Crippen molar-refractivity contribution >= 4 is 11.6 Å². The number of hydrogen-bond donors (Lipinski definition) is 1. The quantitative estimate of drug-likeness (QED) is 0.893. The van der Waals surface area contributed by atoms with E-state index in [-0.39, 0.29) is 0 Å². The molecule has 100 valence electrons. The van der Waals surface area contributed by atoms with Crippen molar-refractivity contribution in [2.24, 2.45) is 0 Å². The van der Waals surface area contributed by atoms with Gasteiger partial charge in [0.1, 0.15) is 17.5 Å². The number of aromatic nitrogens is 2. The summed E-state index contributed by atoms with van der Waals surface area (Å²) in [6, 6.07) is 0.608. The lowest BCUT2D eigenvalue weighted by atomic mass is 9.99. The number of piperidine rings is 1. The molecule has 0 radical (unpaired) electrons. The zero-order chi connectivity index (χ0) is 13.1. The van der Waals surface area contributed by atoms with Crippen LogP contribution in [0.2, 0.25) is 0 Å². The largest absolute Gasteiger partial charge is 0.383 e. The second-order valence-corrected chi connectivity index (χ2v) is 5.08. The summed E-state index contributed by atoms with van der Waals surface area (Å²) in [5.74, 6) is 2.55. The second kappa shape index (κ2) is 5.55. The predicted octanol–water partition coefficient (Wildman–Crippen LogP) is 2.70. The molecule has 0 aromatic carbocycles. The van der Waals surface area contributed by atoms with E-state index in [1.807, 2.05) is 6.92 Å². The summed E-state index contributed by atoms with van der Waals surface area (Å²) in [6.07, 6.45) is 5.85. The van der Waals surface area contributed by atoms with Gasteiger partial charge in [0, 0.05) is 24.6 Å². The van der Waals surface area contributed by atoms with Crippen LogP contribution in [0, 0.1) is 6.92 Å². The lowest BCUT2D eigenvalue weighted by Crippen LogP contribution is -2.40. The van der Waals surface area contributed by atoms with Gasteiger partial charge in [0.05, 0.1) is 0 Å². The van der Waals surface area contributed by atoms with E-state index in [0.717, 1.165) is 30.2 Å². The molecule has 0 spiro atoms. The number of rotatable bonds is 3. The molecule has 0 saturated carbocycles. The van der Waals surface area contributed by atoms with Crippen LogP contribution in [0.5, 0.6) is 0 Å². The smallest absolute Gasteiger partial charge is 0.137 e. The van der Waals surface area contributed by atoms with Gasteiger partial charge in [-0.25, -0.2) is 9.97 Å². The molecule has 2 rings (SSSR count). The summed E-state index contributed by atoms with van der Waals surface area (Å²) in [7, 11) is 0. The minimum atomic E-state index is 0.608. The summed E-state index contributed by atoms with van der Waals surface area (Å²) in [4.78, 5) is 11.5. The van der Waals surface area contributed by atoms with Crippen molar-refractivity contribution in [2.45, 2.75) is 58.9 Å². The summed E-state index contributed by atoms with van der Waals surface area (Å²) in [6.45, 7) is 7.45. The summed E-state index contributed by atoms with van der Waals surface area (Å²) in [5.41, 5.74) is 7.05. The number of nitrogens with two attached hydrogens (primary N) is 1. The van der Waals surface area contributed by atoms with E-state index in [4.69, 9.17) is 10.7 Å². The maximum absolute atomic E-state index is 6.01. The van der Waals surface area contributed by atoms with Crippen LogP contribution in [0.15, 0.2) is 0 Å². The second-order valence-electron chi connectivity index (χ2n) is 5.08. The first-order valence-corrected chi connectivity index (χ1v) is 7.07. The Balaban J connectivity index is 2.38. The number of nitrogen functional groups attached to an aromatic ring is 1. The highest BCUT2D eigenvalue weighted by atomic mass is 15.2. The van der Waals surface area contributed by atoms with E-state index < -0.39 is 0 Å². The van der Waals surface area contributed by atoms with E-state index in [1.165, 1.54) is 25.7 Å². The van der Waals surface area contributed by atoms with Crippen LogP contribution >= 0.6 is 0 Å². The number of hydrogen-bond acceptors (Lipinski definition) is 4. The van der Waals surface area contributed by atoms with E-state index in [9.17, 15) is 0 Å². The fourth-order valence-electron chi connectivity index (χ4n) is 2.71. The SMILES string of the molecule is CCc1nc(N)c(C)c(N2CCCCC2CC)n1. The number of anilines is 2. The van der Waals surface area contributed by atoms with Gasteiger partial charge in [0.25, 0.3) is 0 Å². The highest BCUT2D eigenvalue weighted by molar-refractivity contribution is 5.57. The predicted molar refractivity (Wildman–Crippen MR) is 75.8 cm³/mol. The van der Waals surface area contributed by atoms with Crippen LogP contribution in [0.4, 0.5) is 11.6 Å². The molecular weight excluding hydrogens is 224 g/mol. The minimum Gasteiger partial charge on any atom is -0.383 e. The van der Waals surface area contributed by atoms with Gasteiger partial charge in [-0.1, -0.05) is 13.8 Å². The molecule has 0 bridgehead atoms. The van der Waals surface area contributed by atoms with Crippen molar-refractivity contribution in [1.29, 1.82) is 0 Å². The molecule has 1 aliphatic heterocycles. The van der Waals surface area contributed by atoms with Crippen molar-refractivity contribution in [1.82, 2.24) is 9.97 Å². The summed E-state index contributed by atoms with van der Waals surface area (Å²) >= 11 is 0. The Morgan fingerprint density at radius 1 is 1.28 bits per heavy atom. The molecule has 1 unspecified atom stereocenters. The van der Waals surface area contributed by atoms with Crippen LogP contribution in [-0.2, 0) is 6.42 Å². The van der Waals surface area contributed by atoms with E-state index in [2.05, 4.69) is 23.7 Å². The average molecular weight is 248 g/mol. The Morgan fingerprint density at radius 2 is 2.06 bits per heavy atom. The highest BCUT2D eigenvalue weighted by Crippen LogP contribution is 2.29. The Bertz CT molecular complexity index is 417. The third kappa shape index (κ3) is 2.42. The Kier molecular flexibility index (Phi) is 4.04. The van der Waals surface area contributed by atoms with E-state index in [0.29, 0.717) is 11.9 Å². The minimum absolute atomic E-state index is 0.608. The monoisotopic (exact) mass is 248 g/mol. The van der Waals surface area contributed by atoms with Gasteiger partial charge >= 0.3 is 0 Å². The van der Waals surface area contributed by atoms with Crippen molar-refractivity contribution in [2.75, 3.05) is 17.2 Å². The van der Waals surface area contributed by atoms with Crippen molar-refractivity contribution in [3.05, 3.63) is 11.4 Å². The standard InChI is InChI=1S/C14H24N4/c1-4-11-8-6-7-9-18(11)14-10(3)13(15)16-12(5-2)17-14/h11H,4-9H2,1-3H3,(H2,15,16,17). The molecule has 2 N–H and O–H groups in total. The number of aryl methyl sites for hydroxylation is 1. The molecule has 1 fully saturated rings.